The third kappa shape index (κ3) is 3.28. The van der Waals surface area contributed by atoms with E-state index < -0.39 is 0 Å². The quantitative estimate of drug-likeness (QED) is 0.846. The van der Waals surface area contributed by atoms with E-state index in [4.69, 9.17) is 5.73 Å². The minimum atomic E-state index is 0.277. The molecule has 1 saturated heterocycles. The second kappa shape index (κ2) is 6.09. The molecule has 1 aromatic rings. The Morgan fingerprint density at radius 2 is 2.16 bits per heavy atom. The summed E-state index contributed by atoms with van der Waals surface area (Å²) in [5.41, 5.74) is 7.78. The van der Waals surface area contributed by atoms with Gasteiger partial charge >= 0.3 is 0 Å². The van der Waals surface area contributed by atoms with E-state index in [1.54, 1.807) is 0 Å². The van der Waals surface area contributed by atoms with Crippen molar-refractivity contribution in [2.75, 3.05) is 12.3 Å². The van der Waals surface area contributed by atoms with Crippen LogP contribution in [0, 0.1) is 5.92 Å². The molecule has 1 atom stereocenters. The van der Waals surface area contributed by atoms with Gasteiger partial charge in [0.05, 0.1) is 0 Å². The van der Waals surface area contributed by atoms with Crippen molar-refractivity contribution in [3.63, 3.8) is 0 Å². The van der Waals surface area contributed by atoms with Crippen molar-refractivity contribution in [1.29, 1.82) is 0 Å². The summed E-state index contributed by atoms with van der Waals surface area (Å²) in [6.45, 7) is 5.32. The summed E-state index contributed by atoms with van der Waals surface area (Å²) in [7, 11) is 0. The number of carbonyl (C=O) groups is 1. The molecule has 0 radical (unpaired) electrons. The zero-order valence-corrected chi connectivity index (χ0v) is 11.9. The van der Waals surface area contributed by atoms with Crippen molar-refractivity contribution < 1.29 is 4.79 Å². The maximum absolute atomic E-state index is 12.3. The molecule has 1 fully saturated rings. The summed E-state index contributed by atoms with van der Waals surface area (Å²) in [5.74, 6) is 0.827. The molecule has 1 heterocycles. The summed E-state index contributed by atoms with van der Waals surface area (Å²) in [5, 5.41) is 0. The molecule has 19 heavy (non-hydrogen) atoms. The molecule has 104 valence electrons. The van der Waals surface area contributed by atoms with Gasteiger partial charge in [-0.15, -0.1) is 0 Å². The lowest BCUT2D eigenvalue weighted by Gasteiger charge is -2.27. The van der Waals surface area contributed by atoms with Gasteiger partial charge in [-0.25, -0.2) is 0 Å². The number of carbonyl (C=O) groups excluding carboxylic acids is 1. The molecule has 3 nitrogen and oxygen atoms in total. The van der Waals surface area contributed by atoms with E-state index in [0.717, 1.165) is 37.1 Å². The Labute approximate surface area is 115 Å². The summed E-state index contributed by atoms with van der Waals surface area (Å²) in [6, 6.07) is 8.23. The SMILES string of the molecule is CC(C)C1CCCN1C(=O)CCc1ccccc1N. The Kier molecular flexibility index (Phi) is 4.46. The summed E-state index contributed by atoms with van der Waals surface area (Å²) in [6.07, 6.45) is 3.60. The van der Waals surface area contributed by atoms with Crippen LogP contribution in [0.25, 0.3) is 0 Å². The summed E-state index contributed by atoms with van der Waals surface area (Å²) in [4.78, 5) is 14.4. The fraction of sp³-hybridized carbons (Fsp3) is 0.562. The zero-order chi connectivity index (χ0) is 13.8. The Balaban J connectivity index is 1.93. The molecule has 0 aliphatic carbocycles. The second-order valence-electron chi connectivity index (χ2n) is 5.74. The van der Waals surface area contributed by atoms with Crippen LogP contribution >= 0.6 is 0 Å². The van der Waals surface area contributed by atoms with E-state index in [1.807, 2.05) is 24.3 Å². The van der Waals surface area contributed by atoms with Crippen LogP contribution in [0.1, 0.15) is 38.7 Å². The fourth-order valence-corrected chi connectivity index (χ4v) is 2.94. The van der Waals surface area contributed by atoms with Gasteiger partial charge in [-0.05, 0) is 36.8 Å². The lowest BCUT2D eigenvalue weighted by atomic mass is 10.0. The van der Waals surface area contributed by atoms with Crippen LogP contribution in [-0.4, -0.2) is 23.4 Å². The van der Waals surface area contributed by atoms with Gasteiger partial charge in [-0.3, -0.25) is 4.79 Å². The van der Waals surface area contributed by atoms with E-state index >= 15 is 0 Å². The van der Waals surface area contributed by atoms with E-state index in [2.05, 4.69) is 18.7 Å². The molecule has 0 spiro atoms. The number of nitrogens with two attached hydrogens (primary N) is 1. The largest absolute Gasteiger partial charge is 0.399 e. The Hall–Kier alpha value is -1.51. The van der Waals surface area contributed by atoms with Crippen molar-refractivity contribution in [2.24, 2.45) is 5.92 Å². The van der Waals surface area contributed by atoms with Crippen LogP contribution in [0.3, 0.4) is 0 Å². The van der Waals surface area contributed by atoms with Gasteiger partial charge in [0, 0.05) is 24.7 Å². The molecule has 1 aromatic carbocycles. The molecule has 2 rings (SSSR count). The van der Waals surface area contributed by atoms with Crippen molar-refractivity contribution in [2.45, 2.75) is 45.6 Å². The minimum absolute atomic E-state index is 0.277. The average Bonchev–Trinajstić information content (AvgIpc) is 2.87. The minimum Gasteiger partial charge on any atom is -0.399 e. The van der Waals surface area contributed by atoms with Crippen LogP contribution in [0.15, 0.2) is 24.3 Å². The van der Waals surface area contributed by atoms with Crippen molar-refractivity contribution >= 4 is 11.6 Å². The summed E-state index contributed by atoms with van der Waals surface area (Å²) < 4.78 is 0. The fourth-order valence-electron chi connectivity index (χ4n) is 2.94. The normalized spacial score (nSPS) is 19.1. The predicted octanol–water partition coefficient (Wildman–Crippen LogP) is 2.85. The van der Waals surface area contributed by atoms with E-state index in [9.17, 15) is 4.79 Å². The van der Waals surface area contributed by atoms with Gasteiger partial charge in [-0.1, -0.05) is 32.0 Å². The van der Waals surface area contributed by atoms with Crippen LogP contribution in [0.4, 0.5) is 5.69 Å². The van der Waals surface area contributed by atoms with Gasteiger partial charge in [0.25, 0.3) is 0 Å². The first-order chi connectivity index (χ1) is 9.09. The van der Waals surface area contributed by atoms with Gasteiger partial charge in [0.1, 0.15) is 0 Å². The monoisotopic (exact) mass is 260 g/mol. The molecule has 0 bridgehead atoms. The zero-order valence-electron chi connectivity index (χ0n) is 11.9. The number of para-hydroxylation sites is 1. The number of anilines is 1. The number of likely N-dealkylation sites (tertiary alicyclic amines) is 1. The maximum Gasteiger partial charge on any atom is 0.223 e. The number of rotatable bonds is 4. The lowest BCUT2D eigenvalue weighted by Crippen LogP contribution is -2.38. The topological polar surface area (TPSA) is 46.3 Å². The number of hydrogen-bond donors (Lipinski definition) is 1. The highest BCUT2D eigenvalue weighted by Crippen LogP contribution is 2.25. The van der Waals surface area contributed by atoms with E-state index in [0.29, 0.717) is 18.4 Å². The highest BCUT2D eigenvalue weighted by Gasteiger charge is 2.30. The average molecular weight is 260 g/mol. The first-order valence-corrected chi connectivity index (χ1v) is 7.22. The molecular formula is C16H24N2O. The second-order valence-corrected chi connectivity index (χ2v) is 5.74. The van der Waals surface area contributed by atoms with Gasteiger partial charge in [0.15, 0.2) is 0 Å². The molecule has 1 unspecified atom stereocenters. The third-order valence-corrected chi connectivity index (χ3v) is 4.05. The Morgan fingerprint density at radius 3 is 2.84 bits per heavy atom. The van der Waals surface area contributed by atoms with Crippen LogP contribution < -0.4 is 5.73 Å². The number of aryl methyl sites for hydroxylation is 1. The predicted molar refractivity (Wildman–Crippen MR) is 78.7 cm³/mol. The molecule has 1 amide bonds. The highest BCUT2D eigenvalue weighted by molar-refractivity contribution is 5.77. The van der Waals surface area contributed by atoms with Crippen LogP contribution in [0.2, 0.25) is 0 Å². The molecular weight excluding hydrogens is 236 g/mol. The molecule has 1 aliphatic rings. The highest BCUT2D eigenvalue weighted by atomic mass is 16.2. The third-order valence-electron chi connectivity index (χ3n) is 4.05. The van der Waals surface area contributed by atoms with Gasteiger partial charge in [0.2, 0.25) is 5.91 Å². The van der Waals surface area contributed by atoms with Gasteiger partial charge < -0.3 is 10.6 Å². The lowest BCUT2D eigenvalue weighted by molar-refractivity contribution is -0.132. The number of nitrogens with zero attached hydrogens (tertiary/aromatic N) is 1. The maximum atomic E-state index is 12.3. The number of hydrogen-bond acceptors (Lipinski definition) is 2. The molecule has 3 heteroatoms. The first kappa shape index (κ1) is 13.9. The van der Waals surface area contributed by atoms with Crippen molar-refractivity contribution in [3.05, 3.63) is 29.8 Å². The molecule has 1 aliphatic heterocycles. The van der Waals surface area contributed by atoms with Crippen molar-refractivity contribution in [3.8, 4) is 0 Å². The van der Waals surface area contributed by atoms with Crippen LogP contribution in [-0.2, 0) is 11.2 Å². The van der Waals surface area contributed by atoms with Crippen LogP contribution in [0.5, 0.6) is 0 Å². The van der Waals surface area contributed by atoms with E-state index in [-0.39, 0.29) is 5.91 Å². The molecule has 2 N–H and O–H groups in total. The molecule has 0 aromatic heterocycles. The van der Waals surface area contributed by atoms with Gasteiger partial charge in [-0.2, -0.15) is 0 Å². The Bertz CT molecular complexity index is 442. The van der Waals surface area contributed by atoms with E-state index in [1.165, 1.54) is 0 Å². The number of amides is 1. The standard InChI is InChI=1S/C16H24N2O/c1-12(2)15-8-5-11-18(15)16(19)10-9-13-6-3-4-7-14(13)17/h3-4,6-7,12,15H,5,8-11,17H2,1-2H3. The number of nitrogen functional groups attached to an aromatic ring is 1. The molecule has 0 saturated carbocycles. The smallest absolute Gasteiger partial charge is 0.223 e. The number of benzene rings is 1. The summed E-state index contributed by atoms with van der Waals surface area (Å²) >= 11 is 0. The Morgan fingerprint density at radius 1 is 1.42 bits per heavy atom. The van der Waals surface area contributed by atoms with Crippen molar-refractivity contribution in [1.82, 2.24) is 4.90 Å². The first-order valence-electron chi connectivity index (χ1n) is 7.22.